The van der Waals surface area contributed by atoms with Gasteiger partial charge in [0.1, 0.15) is 0 Å². The molecule has 0 saturated heterocycles. The molecule has 0 atom stereocenters. The fraction of sp³-hybridized carbons (Fsp3) is 0.143. The first-order chi connectivity index (χ1) is 12.1. The van der Waals surface area contributed by atoms with Gasteiger partial charge in [0.2, 0.25) is 5.69 Å². The summed E-state index contributed by atoms with van der Waals surface area (Å²) in [5, 5.41) is 26.0. The zero-order valence-electron chi connectivity index (χ0n) is 13.0. The monoisotopic (exact) mass is 369 g/mol. The molecule has 0 saturated carbocycles. The van der Waals surface area contributed by atoms with E-state index in [0.29, 0.717) is 5.69 Å². The van der Waals surface area contributed by atoms with E-state index in [2.05, 4.69) is 15.5 Å². The van der Waals surface area contributed by atoms with Crippen LogP contribution in [0.15, 0.2) is 41.6 Å². The minimum absolute atomic E-state index is 0.209. The van der Waals surface area contributed by atoms with E-state index >= 15 is 0 Å². The molecule has 2 aromatic rings. The Kier molecular flexibility index (Phi) is 5.14. The van der Waals surface area contributed by atoms with Gasteiger partial charge in [-0.25, -0.2) is 0 Å². The van der Waals surface area contributed by atoms with Gasteiger partial charge in [0.25, 0.3) is 0 Å². The second-order valence-corrected chi connectivity index (χ2v) is 4.93. The highest BCUT2D eigenvalue weighted by Gasteiger charge is 2.37. The Hall–Kier alpha value is -3.57. The minimum atomic E-state index is -4.98. The van der Waals surface area contributed by atoms with Crippen molar-refractivity contribution in [3.05, 3.63) is 68.0 Å². The lowest BCUT2D eigenvalue weighted by Crippen LogP contribution is -2.10. The molecule has 1 aromatic heterocycles. The van der Waals surface area contributed by atoms with Crippen LogP contribution in [0.5, 0.6) is 0 Å². The van der Waals surface area contributed by atoms with E-state index in [4.69, 9.17) is 0 Å². The van der Waals surface area contributed by atoms with E-state index in [1.807, 2.05) is 0 Å². The molecule has 0 bridgehead atoms. The topological polar surface area (TPSA) is 124 Å². The van der Waals surface area contributed by atoms with Gasteiger partial charge in [-0.05, 0) is 19.1 Å². The molecule has 2 rings (SSSR count). The van der Waals surface area contributed by atoms with Crippen LogP contribution in [-0.4, -0.2) is 20.5 Å². The zero-order chi connectivity index (χ0) is 19.5. The van der Waals surface area contributed by atoms with Gasteiger partial charge in [0, 0.05) is 18.3 Å². The van der Waals surface area contributed by atoms with Crippen molar-refractivity contribution < 1.29 is 23.0 Å². The Bertz CT molecular complexity index is 849. The van der Waals surface area contributed by atoms with Gasteiger partial charge in [0.15, 0.2) is 0 Å². The van der Waals surface area contributed by atoms with Gasteiger partial charge < -0.3 is 0 Å². The van der Waals surface area contributed by atoms with Crippen molar-refractivity contribution in [1.82, 2.24) is 4.98 Å². The highest BCUT2D eigenvalue weighted by atomic mass is 19.4. The van der Waals surface area contributed by atoms with Crippen LogP contribution >= 0.6 is 0 Å². The number of benzene rings is 1. The normalized spacial score (nSPS) is 11.9. The summed E-state index contributed by atoms with van der Waals surface area (Å²) in [6.45, 7) is 1.47. The third kappa shape index (κ3) is 4.09. The number of nitrogens with one attached hydrogen (secondary N) is 1. The molecule has 0 aliphatic heterocycles. The van der Waals surface area contributed by atoms with Crippen molar-refractivity contribution in [2.75, 3.05) is 5.43 Å². The number of nitrogens with zero attached hydrogens (tertiary/aromatic N) is 4. The lowest BCUT2D eigenvalue weighted by atomic mass is 10.1. The van der Waals surface area contributed by atoms with Crippen LogP contribution < -0.4 is 5.43 Å². The summed E-state index contributed by atoms with van der Waals surface area (Å²) in [5.74, 6) is 0. The molecule has 0 aliphatic rings. The van der Waals surface area contributed by atoms with E-state index in [9.17, 15) is 33.4 Å². The summed E-state index contributed by atoms with van der Waals surface area (Å²) >= 11 is 0. The van der Waals surface area contributed by atoms with Gasteiger partial charge in [-0.1, -0.05) is 6.07 Å². The molecule has 26 heavy (non-hydrogen) atoms. The van der Waals surface area contributed by atoms with Crippen molar-refractivity contribution >= 4 is 22.8 Å². The average molecular weight is 369 g/mol. The average Bonchev–Trinajstić information content (AvgIpc) is 2.58. The number of aromatic nitrogens is 1. The molecule has 1 heterocycles. The van der Waals surface area contributed by atoms with Crippen molar-refractivity contribution in [1.29, 1.82) is 0 Å². The SMILES string of the molecule is C/C(=N/Nc1c([N+](=O)[O-])cc(C(F)(F)F)cc1[N+](=O)[O-])c1ccccn1. The maximum Gasteiger partial charge on any atom is 0.416 e. The third-order valence-electron chi connectivity index (χ3n) is 3.19. The Morgan fingerprint density at radius 1 is 1.15 bits per heavy atom. The summed E-state index contributed by atoms with van der Waals surface area (Å²) in [6, 6.07) is 5.26. The van der Waals surface area contributed by atoms with Crippen LogP contribution in [0.3, 0.4) is 0 Å². The first-order valence-electron chi connectivity index (χ1n) is 6.87. The second kappa shape index (κ2) is 7.13. The molecule has 1 aromatic carbocycles. The van der Waals surface area contributed by atoms with Crippen LogP contribution in [0.2, 0.25) is 0 Å². The lowest BCUT2D eigenvalue weighted by Gasteiger charge is -2.10. The number of anilines is 1. The largest absolute Gasteiger partial charge is 0.416 e. The second-order valence-electron chi connectivity index (χ2n) is 4.93. The van der Waals surface area contributed by atoms with Gasteiger partial charge in [0.05, 0.1) is 26.8 Å². The van der Waals surface area contributed by atoms with E-state index in [0.717, 1.165) is 0 Å². The van der Waals surface area contributed by atoms with Crippen LogP contribution in [0.4, 0.5) is 30.2 Å². The summed E-state index contributed by atoms with van der Waals surface area (Å²) in [6.07, 6.45) is -3.53. The van der Waals surface area contributed by atoms with Gasteiger partial charge >= 0.3 is 17.6 Å². The summed E-state index contributed by atoms with van der Waals surface area (Å²) in [4.78, 5) is 23.9. The highest BCUT2D eigenvalue weighted by Crippen LogP contribution is 2.41. The maximum atomic E-state index is 12.8. The fourth-order valence-electron chi connectivity index (χ4n) is 1.95. The van der Waals surface area contributed by atoms with Crippen LogP contribution in [0.25, 0.3) is 0 Å². The van der Waals surface area contributed by atoms with Crippen molar-refractivity contribution in [3.63, 3.8) is 0 Å². The molecule has 12 heteroatoms. The van der Waals surface area contributed by atoms with E-state index in [1.54, 1.807) is 18.2 Å². The predicted octanol–water partition coefficient (Wildman–Crippen LogP) is 3.75. The summed E-state index contributed by atoms with van der Waals surface area (Å²) in [5.41, 5.74) is -1.80. The number of hydrazone groups is 1. The molecule has 136 valence electrons. The molecular formula is C14H10F3N5O4. The molecule has 0 spiro atoms. The van der Waals surface area contributed by atoms with Crippen molar-refractivity contribution in [2.24, 2.45) is 5.10 Å². The first-order valence-corrected chi connectivity index (χ1v) is 6.87. The standard InChI is InChI=1S/C14H10F3N5O4/c1-8(10-4-2-3-5-18-10)19-20-13-11(21(23)24)6-9(14(15,16)17)7-12(13)22(25)26/h2-7,20H,1H3/b19-8-. The van der Waals surface area contributed by atoms with Crippen LogP contribution in [0, 0.1) is 20.2 Å². The molecule has 0 unspecified atom stereocenters. The number of rotatable bonds is 5. The fourth-order valence-corrected chi connectivity index (χ4v) is 1.95. The van der Waals surface area contributed by atoms with E-state index < -0.39 is 38.6 Å². The molecule has 0 aliphatic carbocycles. The smallest absolute Gasteiger partial charge is 0.266 e. The number of nitro groups is 2. The van der Waals surface area contributed by atoms with Crippen molar-refractivity contribution in [3.8, 4) is 0 Å². The van der Waals surface area contributed by atoms with Crippen molar-refractivity contribution in [2.45, 2.75) is 13.1 Å². The highest BCUT2D eigenvalue weighted by molar-refractivity contribution is 5.97. The Morgan fingerprint density at radius 3 is 2.15 bits per heavy atom. The minimum Gasteiger partial charge on any atom is -0.266 e. The third-order valence-corrected chi connectivity index (χ3v) is 3.19. The molecular weight excluding hydrogens is 359 g/mol. The first kappa shape index (κ1) is 18.8. The number of hydrogen-bond acceptors (Lipinski definition) is 7. The van der Waals surface area contributed by atoms with Gasteiger partial charge in [-0.2, -0.15) is 18.3 Å². The van der Waals surface area contributed by atoms with Gasteiger partial charge in [-0.15, -0.1) is 0 Å². The Morgan fingerprint density at radius 2 is 1.73 bits per heavy atom. The Balaban J connectivity index is 2.56. The zero-order valence-corrected chi connectivity index (χ0v) is 13.0. The summed E-state index contributed by atoms with van der Waals surface area (Å²) < 4.78 is 38.5. The number of nitro benzene ring substituents is 2. The quantitative estimate of drug-likeness (QED) is 0.486. The molecule has 0 amide bonds. The molecule has 0 fully saturated rings. The number of hydrogen-bond donors (Lipinski definition) is 1. The van der Waals surface area contributed by atoms with Crippen LogP contribution in [-0.2, 0) is 6.18 Å². The van der Waals surface area contributed by atoms with E-state index in [-0.39, 0.29) is 17.8 Å². The molecule has 1 N–H and O–H groups in total. The summed E-state index contributed by atoms with van der Waals surface area (Å²) in [7, 11) is 0. The van der Waals surface area contributed by atoms with Crippen LogP contribution in [0.1, 0.15) is 18.2 Å². The number of pyridine rings is 1. The Labute approximate surface area is 143 Å². The molecule has 9 nitrogen and oxygen atoms in total. The van der Waals surface area contributed by atoms with Gasteiger partial charge in [-0.3, -0.25) is 30.6 Å². The predicted molar refractivity (Wildman–Crippen MR) is 84.8 cm³/mol. The molecule has 0 radical (unpaired) electrons. The maximum absolute atomic E-state index is 12.8. The van der Waals surface area contributed by atoms with E-state index in [1.165, 1.54) is 13.1 Å². The number of alkyl halides is 3. The number of halogens is 3. The lowest BCUT2D eigenvalue weighted by molar-refractivity contribution is -0.392.